The van der Waals surface area contributed by atoms with Crippen LogP contribution in [0, 0.1) is 26.2 Å². The molecular formula is C21H18N2O4S. The number of carbonyl (C=O) groups is 3. The standard InChI is InChI=1S/C21H18N2O4S/c1-5-10-22-19(24)18(28-21(22)26)12-15-11-13(2)23(14(15)3)17-9-7-6-8-16(17)20(25)27-4/h1,6-9,11-12H,10H2,2-4H3. The Morgan fingerprint density at radius 2 is 2.00 bits per heavy atom. The van der Waals surface area contributed by atoms with E-state index in [2.05, 4.69) is 5.92 Å². The summed E-state index contributed by atoms with van der Waals surface area (Å²) in [5.74, 6) is 1.49. The van der Waals surface area contributed by atoms with Gasteiger partial charge >= 0.3 is 5.97 Å². The number of nitrogens with zero attached hydrogens (tertiary/aromatic N) is 2. The van der Waals surface area contributed by atoms with E-state index in [4.69, 9.17) is 11.2 Å². The van der Waals surface area contributed by atoms with Gasteiger partial charge in [-0.15, -0.1) is 6.42 Å². The number of hydrogen-bond acceptors (Lipinski definition) is 5. The Morgan fingerprint density at radius 1 is 1.29 bits per heavy atom. The van der Waals surface area contributed by atoms with Crippen molar-refractivity contribution in [3.63, 3.8) is 0 Å². The zero-order valence-corrected chi connectivity index (χ0v) is 16.5. The maximum Gasteiger partial charge on any atom is 0.339 e. The first kappa shape index (κ1) is 19.5. The minimum absolute atomic E-state index is 0.0481. The highest BCUT2D eigenvalue weighted by Gasteiger charge is 2.34. The topological polar surface area (TPSA) is 68.6 Å². The molecule has 0 bridgehead atoms. The number of aryl methyl sites for hydroxylation is 1. The van der Waals surface area contributed by atoms with E-state index in [9.17, 15) is 14.4 Å². The molecule has 2 amide bonds. The number of methoxy groups -OCH3 is 1. The summed E-state index contributed by atoms with van der Waals surface area (Å²) in [5.41, 5.74) is 3.61. The van der Waals surface area contributed by atoms with Crippen LogP contribution in [0.25, 0.3) is 11.8 Å². The number of esters is 1. The third kappa shape index (κ3) is 3.35. The van der Waals surface area contributed by atoms with E-state index >= 15 is 0 Å². The van der Waals surface area contributed by atoms with Crippen molar-refractivity contribution in [2.75, 3.05) is 13.7 Å². The highest BCUT2D eigenvalue weighted by molar-refractivity contribution is 8.18. The van der Waals surface area contributed by atoms with E-state index in [-0.39, 0.29) is 11.8 Å². The van der Waals surface area contributed by atoms with Gasteiger partial charge in [-0.3, -0.25) is 14.5 Å². The molecule has 1 fully saturated rings. The Kier molecular flexibility index (Phi) is 5.43. The highest BCUT2D eigenvalue weighted by Crippen LogP contribution is 2.33. The Hall–Kier alpha value is -3.24. The minimum atomic E-state index is -0.431. The second-order valence-corrected chi connectivity index (χ2v) is 7.14. The van der Waals surface area contributed by atoms with Gasteiger partial charge in [0.25, 0.3) is 11.1 Å². The molecule has 2 heterocycles. The van der Waals surface area contributed by atoms with Crippen LogP contribution in [0.4, 0.5) is 4.79 Å². The highest BCUT2D eigenvalue weighted by atomic mass is 32.2. The van der Waals surface area contributed by atoms with Gasteiger partial charge < -0.3 is 9.30 Å². The van der Waals surface area contributed by atoms with E-state index in [1.807, 2.05) is 36.6 Å². The Bertz CT molecular complexity index is 1060. The van der Waals surface area contributed by atoms with Crippen LogP contribution in [0.1, 0.15) is 27.3 Å². The predicted molar refractivity (Wildman–Crippen MR) is 108 cm³/mol. The number of aromatic nitrogens is 1. The first-order valence-corrected chi connectivity index (χ1v) is 9.26. The van der Waals surface area contributed by atoms with Gasteiger partial charge in [0.1, 0.15) is 0 Å². The lowest BCUT2D eigenvalue weighted by Crippen LogP contribution is -2.28. The molecule has 1 aromatic carbocycles. The molecule has 0 spiro atoms. The summed E-state index contributed by atoms with van der Waals surface area (Å²) in [6.45, 7) is 3.74. The Labute approximate surface area is 167 Å². The lowest BCUT2D eigenvalue weighted by atomic mass is 10.1. The number of rotatable bonds is 4. The average Bonchev–Trinajstić information content (AvgIpc) is 3.11. The molecule has 0 N–H and O–H groups in total. The summed E-state index contributed by atoms with van der Waals surface area (Å²) in [7, 11) is 1.34. The Morgan fingerprint density at radius 3 is 2.68 bits per heavy atom. The second-order valence-electron chi connectivity index (χ2n) is 6.14. The number of thioether (sulfide) groups is 1. The Balaban J connectivity index is 2.06. The zero-order chi connectivity index (χ0) is 20.4. The third-order valence-electron chi connectivity index (χ3n) is 4.43. The zero-order valence-electron chi connectivity index (χ0n) is 15.7. The van der Waals surface area contributed by atoms with Crippen LogP contribution in [-0.4, -0.2) is 40.2 Å². The van der Waals surface area contributed by atoms with E-state index in [0.29, 0.717) is 16.2 Å². The first-order valence-electron chi connectivity index (χ1n) is 8.44. The van der Waals surface area contributed by atoms with Crippen LogP contribution >= 0.6 is 11.8 Å². The number of ether oxygens (including phenoxy) is 1. The van der Waals surface area contributed by atoms with Crippen LogP contribution in [-0.2, 0) is 9.53 Å². The molecule has 142 valence electrons. The van der Waals surface area contributed by atoms with Crippen molar-refractivity contribution in [2.24, 2.45) is 0 Å². The maximum absolute atomic E-state index is 12.4. The van der Waals surface area contributed by atoms with Crippen molar-refractivity contribution in [3.8, 4) is 18.0 Å². The van der Waals surface area contributed by atoms with Crippen molar-refractivity contribution in [3.05, 3.63) is 57.8 Å². The molecule has 0 radical (unpaired) electrons. The van der Waals surface area contributed by atoms with Crippen molar-refractivity contribution in [1.82, 2.24) is 9.47 Å². The summed E-state index contributed by atoms with van der Waals surface area (Å²) < 4.78 is 6.80. The van der Waals surface area contributed by atoms with Crippen LogP contribution < -0.4 is 0 Å². The monoisotopic (exact) mass is 394 g/mol. The van der Waals surface area contributed by atoms with Gasteiger partial charge in [0.15, 0.2) is 0 Å². The van der Waals surface area contributed by atoms with Crippen molar-refractivity contribution < 1.29 is 19.1 Å². The van der Waals surface area contributed by atoms with Gasteiger partial charge in [-0.2, -0.15) is 0 Å². The summed E-state index contributed by atoms with van der Waals surface area (Å²) in [6.07, 6.45) is 6.91. The van der Waals surface area contributed by atoms with Gasteiger partial charge in [0, 0.05) is 11.4 Å². The molecule has 3 rings (SSSR count). The lowest BCUT2D eigenvalue weighted by Gasteiger charge is -2.13. The lowest BCUT2D eigenvalue weighted by molar-refractivity contribution is -0.122. The van der Waals surface area contributed by atoms with E-state index in [0.717, 1.165) is 33.6 Å². The van der Waals surface area contributed by atoms with Crippen molar-refractivity contribution in [1.29, 1.82) is 0 Å². The number of benzene rings is 1. The smallest absolute Gasteiger partial charge is 0.339 e. The largest absolute Gasteiger partial charge is 0.465 e. The fourth-order valence-electron chi connectivity index (χ4n) is 3.12. The number of para-hydroxylation sites is 1. The maximum atomic E-state index is 12.4. The van der Waals surface area contributed by atoms with Gasteiger partial charge in [-0.05, 0) is 55.4 Å². The van der Waals surface area contributed by atoms with Crippen molar-refractivity contribution >= 4 is 35.0 Å². The van der Waals surface area contributed by atoms with Crippen LogP contribution in [0.15, 0.2) is 35.2 Å². The summed E-state index contributed by atoms with van der Waals surface area (Å²) in [4.78, 5) is 37.9. The van der Waals surface area contributed by atoms with Gasteiger partial charge in [-0.1, -0.05) is 18.1 Å². The van der Waals surface area contributed by atoms with Gasteiger partial charge in [0.2, 0.25) is 0 Å². The first-order chi connectivity index (χ1) is 13.4. The molecule has 1 saturated heterocycles. The summed E-state index contributed by atoms with van der Waals surface area (Å²) >= 11 is 0.867. The number of hydrogen-bond donors (Lipinski definition) is 0. The average molecular weight is 394 g/mol. The molecule has 1 aliphatic rings. The quantitative estimate of drug-likeness (QED) is 0.451. The summed E-state index contributed by atoms with van der Waals surface area (Å²) in [6, 6.07) is 9.04. The number of imide groups is 1. The summed E-state index contributed by atoms with van der Waals surface area (Å²) in [5, 5.41) is -0.376. The molecule has 0 unspecified atom stereocenters. The predicted octanol–water partition coefficient (Wildman–Crippen LogP) is 3.55. The van der Waals surface area contributed by atoms with E-state index in [1.54, 1.807) is 18.2 Å². The minimum Gasteiger partial charge on any atom is -0.465 e. The molecule has 7 heteroatoms. The molecule has 1 aromatic heterocycles. The van der Waals surface area contributed by atoms with Crippen LogP contribution in [0.5, 0.6) is 0 Å². The molecule has 28 heavy (non-hydrogen) atoms. The number of amides is 2. The molecular weight excluding hydrogens is 376 g/mol. The van der Waals surface area contributed by atoms with Crippen molar-refractivity contribution in [2.45, 2.75) is 13.8 Å². The number of terminal acetylenes is 1. The van der Waals surface area contributed by atoms with Gasteiger partial charge in [-0.25, -0.2) is 4.79 Å². The van der Waals surface area contributed by atoms with E-state index < -0.39 is 11.9 Å². The third-order valence-corrected chi connectivity index (χ3v) is 5.34. The van der Waals surface area contributed by atoms with E-state index in [1.165, 1.54) is 7.11 Å². The fraction of sp³-hybridized carbons (Fsp3) is 0.190. The molecule has 6 nitrogen and oxygen atoms in total. The number of carbonyl (C=O) groups excluding carboxylic acids is 3. The molecule has 0 atom stereocenters. The molecule has 0 aliphatic carbocycles. The fourth-order valence-corrected chi connectivity index (χ4v) is 3.95. The molecule has 0 saturated carbocycles. The van der Waals surface area contributed by atoms with Crippen LogP contribution in [0.2, 0.25) is 0 Å². The van der Waals surface area contributed by atoms with Crippen LogP contribution in [0.3, 0.4) is 0 Å². The molecule has 2 aromatic rings. The van der Waals surface area contributed by atoms with Gasteiger partial charge in [0.05, 0.1) is 29.8 Å². The second kappa shape index (κ2) is 7.79. The SMILES string of the molecule is C#CCN1C(=O)SC(=Cc2cc(C)n(-c3ccccc3C(=O)OC)c2C)C1=O. The molecule has 1 aliphatic heterocycles. The normalized spacial score (nSPS) is 15.2.